The van der Waals surface area contributed by atoms with E-state index in [-0.39, 0.29) is 17.1 Å². The van der Waals surface area contributed by atoms with Crippen LogP contribution in [-0.2, 0) is 0 Å². The topological polar surface area (TPSA) is 129 Å². The lowest BCUT2D eigenvalue weighted by molar-refractivity contribution is 0.262. The van der Waals surface area contributed by atoms with Gasteiger partial charge in [-0.15, -0.1) is 16.2 Å². The van der Waals surface area contributed by atoms with Crippen molar-refractivity contribution in [1.29, 1.82) is 5.26 Å². The van der Waals surface area contributed by atoms with Crippen LogP contribution in [0.2, 0.25) is 0 Å². The highest BCUT2D eigenvalue weighted by Crippen LogP contribution is 2.32. The maximum Gasteiger partial charge on any atom is 0.323 e. The largest absolute Gasteiger partial charge is 0.457 e. The van der Waals surface area contributed by atoms with Crippen LogP contribution in [-0.4, -0.2) is 16.0 Å². The van der Waals surface area contributed by atoms with E-state index in [1.807, 2.05) is 12.1 Å². The third-order valence-corrected chi connectivity index (χ3v) is 4.80. The number of nitrogens with zero attached hydrogens (tertiary/aromatic N) is 4. The van der Waals surface area contributed by atoms with Gasteiger partial charge in [0.1, 0.15) is 28.9 Å². The van der Waals surface area contributed by atoms with E-state index in [2.05, 4.69) is 25.8 Å². The van der Waals surface area contributed by atoms with E-state index < -0.39 is 6.03 Å². The van der Waals surface area contributed by atoms with Crippen molar-refractivity contribution >= 4 is 44.6 Å². The van der Waals surface area contributed by atoms with Crippen LogP contribution < -0.4 is 15.4 Å². The second-order valence-electron chi connectivity index (χ2n) is 5.97. The maximum atomic E-state index is 12.3. The van der Waals surface area contributed by atoms with Gasteiger partial charge in [-0.25, -0.2) is 14.8 Å². The summed E-state index contributed by atoms with van der Waals surface area (Å²) in [6.07, 6.45) is 1.44. The fraction of sp³-hybridized carbons (Fsp3) is 0. The fourth-order valence-corrected chi connectivity index (χ4v) is 3.31. The lowest BCUT2D eigenvalue weighted by Crippen LogP contribution is -2.19. The Morgan fingerprint density at radius 2 is 1.93 bits per heavy atom. The molecule has 0 saturated heterocycles. The van der Waals surface area contributed by atoms with Crippen LogP contribution in [0.4, 0.5) is 21.9 Å². The molecule has 0 aliphatic heterocycles. The molecule has 0 fully saturated rings. The van der Waals surface area contributed by atoms with Gasteiger partial charge >= 0.3 is 6.03 Å². The molecule has 0 bridgehead atoms. The summed E-state index contributed by atoms with van der Waals surface area (Å²) in [5, 5.41) is 17.1. The number of pyridine rings is 1. The number of fused-ring (bicyclic) bond motifs is 1. The van der Waals surface area contributed by atoms with Crippen molar-refractivity contribution < 1.29 is 9.53 Å². The normalized spacial score (nSPS) is 10.2. The Labute approximate surface area is 173 Å². The molecule has 2 N–H and O–H groups in total. The molecule has 4 aromatic rings. The number of carbonyl (C=O) groups is 1. The van der Waals surface area contributed by atoms with E-state index in [0.29, 0.717) is 17.2 Å². The molecule has 0 atom stereocenters. The van der Waals surface area contributed by atoms with Gasteiger partial charge in [0.2, 0.25) is 0 Å². The summed E-state index contributed by atoms with van der Waals surface area (Å²) in [7, 11) is 0. The number of thiazole rings is 1. The second kappa shape index (κ2) is 8.34. The molecule has 2 aromatic heterocycles. The number of hydrogen-bond donors (Lipinski definition) is 2. The molecule has 0 aliphatic rings. The molecule has 0 radical (unpaired) electrons. The Hall–Kier alpha value is -4.36. The SMILES string of the molecule is N#Cc1cc(Oc2ccc(NC(=O)Nc3ccc4scnc4c3)c(N=O)c2)ccn1. The minimum atomic E-state index is -0.532. The van der Waals surface area contributed by atoms with Crippen molar-refractivity contribution in [3.8, 4) is 17.6 Å². The van der Waals surface area contributed by atoms with Crippen LogP contribution in [0, 0.1) is 16.2 Å². The van der Waals surface area contributed by atoms with Gasteiger partial charge in [-0.2, -0.15) is 5.26 Å². The summed E-state index contributed by atoms with van der Waals surface area (Å²) < 4.78 is 6.64. The monoisotopic (exact) mass is 416 g/mol. The maximum absolute atomic E-state index is 12.3. The minimum absolute atomic E-state index is 0.00725. The fourth-order valence-electron chi connectivity index (χ4n) is 2.65. The average Bonchev–Trinajstić information content (AvgIpc) is 3.22. The van der Waals surface area contributed by atoms with Crippen LogP contribution in [0.5, 0.6) is 11.5 Å². The number of nitriles is 1. The zero-order chi connectivity index (χ0) is 20.9. The number of nitrogens with one attached hydrogen (secondary N) is 2. The number of amides is 2. The number of rotatable bonds is 5. The summed E-state index contributed by atoms with van der Waals surface area (Å²) in [6, 6.07) is 14.3. The van der Waals surface area contributed by atoms with Gasteiger partial charge in [-0.3, -0.25) is 0 Å². The highest BCUT2D eigenvalue weighted by Gasteiger charge is 2.11. The van der Waals surface area contributed by atoms with Gasteiger partial charge < -0.3 is 15.4 Å². The van der Waals surface area contributed by atoms with Crippen LogP contribution in [0.15, 0.2) is 65.4 Å². The van der Waals surface area contributed by atoms with E-state index in [4.69, 9.17) is 10.00 Å². The molecule has 0 aliphatic carbocycles. The van der Waals surface area contributed by atoms with Gasteiger partial charge in [0.15, 0.2) is 0 Å². The van der Waals surface area contributed by atoms with Crippen LogP contribution in [0.1, 0.15) is 5.69 Å². The molecular weight excluding hydrogens is 404 g/mol. The molecule has 0 spiro atoms. The number of ether oxygens (including phenoxy) is 1. The van der Waals surface area contributed by atoms with Crippen molar-refractivity contribution in [3.05, 3.63) is 70.8 Å². The molecule has 2 aromatic carbocycles. The van der Waals surface area contributed by atoms with Crippen molar-refractivity contribution in [2.75, 3.05) is 10.6 Å². The number of anilines is 2. The first-order valence-corrected chi connectivity index (χ1v) is 9.45. The van der Waals surface area contributed by atoms with Crippen molar-refractivity contribution in [1.82, 2.24) is 9.97 Å². The van der Waals surface area contributed by atoms with Crippen molar-refractivity contribution in [2.24, 2.45) is 5.18 Å². The van der Waals surface area contributed by atoms with E-state index >= 15 is 0 Å². The van der Waals surface area contributed by atoms with Crippen LogP contribution in [0.3, 0.4) is 0 Å². The summed E-state index contributed by atoms with van der Waals surface area (Å²) in [4.78, 5) is 31.6. The zero-order valence-electron chi connectivity index (χ0n) is 15.2. The van der Waals surface area contributed by atoms with Crippen LogP contribution >= 0.6 is 11.3 Å². The van der Waals surface area contributed by atoms with Crippen molar-refractivity contribution in [3.63, 3.8) is 0 Å². The zero-order valence-corrected chi connectivity index (χ0v) is 16.0. The number of hydrogen-bond acceptors (Lipinski definition) is 8. The number of nitroso groups, excluding NO2 is 1. The highest BCUT2D eigenvalue weighted by atomic mass is 32.1. The van der Waals surface area contributed by atoms with Gasteiger partial charge in [0.25, 0.3) is 0 Å². The lowest BCUT2D eigenvalue weighted by Gasteiger charge is -2.11. The molecule has 4 rings (SSSR count). The smallest absolute Gasteiger partial charge is 0.323 e. The van der Waals surface area contributed by atoms with Gasteiger partial charge in [0.05, 0.1) is 21.4 Å². The molecule has 146 valence electrons. The second-order valence-corrected chi connectivity index (χ2v) is 6.86. The summed E-state index contributed by atoms with van der Waals surface area (Å²) >= 11 is 1.51. The Morgan fingerprint density at radius 1 is 1.07 bits per heavy atom. The number of benzene rings is 2. The predicted octanol–water partition coefficient (Wildman–Crippen LogP) is 5.40. The highest BCUT2D eigenvalue weighted by molar-refractivity contribution is 7.16. The molecule has 9 nitrogen and oxygen atoms in total. The first kappa shape index (κ1) is 19.0. The standard InChI is InChI=1S/C20H12N6O3S/c21-10-13-7-15(5-6-22-13)29-14-2-3-16(17(9-14)26-28)25-20(27)24-12-1-4-19-18(8-12)23-11-30-19/h1-9,11H,(H2,24,25,27). The molecule has 0 saturated carbocycles. The molecule has 2 amide bonds. The predicted molar refractivity (Wildman–Crippen MR) is 113 cm³/mol. The quantitative estimate of drug-likeness (QED) is 0.419. The third kappa shape index (κ3) is 4.21. The Balaban J connectivity index is 1.47. The Bertz CT molecular complexity index is 1300. The Kier molecular flexibility index (Phi) is 5.27. The van der Waals surface area contributed by atoms with Gasteiger partial charge in [0, 0.05) is 24.0 Å². The summed E-state index contributed by atoms with van der Waals surface area (Å²) in [5.74, 6) is 0.703. The number of aromatic nitrogens is 2. The van der Waals surface area contributed by atoms with E-state index in [0.717, 1.165) is 10.2 Å². The van der Waals surface area contributed by atoms with Crippen LogP contribution in [0.25, 0.3) is 10.2 Å². The average molecular weight is 416 g/mol. The molecule has 10 heteroatoms. The first-order valence-electron chi connectivity index (χ1n) is 8.57. The summed E-state index contributed by atoms with van der Waals surface area (Å²) in [5.41, 5.74) is 3.49. The van der Waals surface area contributed by atoms with Gasteiger partial charge in [-0.05, 0) is 41.6 Å². The minimum Gasteiger partial charge on any atom is -0.457 e. The summed E-state index contributed by atoms with van der Waals surface area (Å²) in [6.45, 7) is 0. The third-order valence-electron chi connectivity index (χ3n) is 3.99. The number of carbonyl (C=O) groups excluding carboxylic acids is 1. The van der Waals surface area contributed by atoms with Crippen molar-refractivity contribution in [2.45, 2.75) is 0 Å². The molecular formula is C20H12N6O3S. The molecule has 2 heterocycles. The van der Waals surface area contributed by atoms with E-state index in [9.17, 15) is 9.70 Å². The van der Waals surface area contributed by atoms with E-state index in [1.54, 1.807) is 29.8 Å². The molecule has 30 heavy (non-hydrogen) atoms. The first-order chi connectivity index (χ1) is 14.6. The lowest BCUT2D eigenvalue weighted by atomic mass is 10.2. The number of urea groups is 1. The Morgan fingerprint density at radius 3 is 2.77 bits per heavy atom. The van der Waals surface area contributed by atoms with E-state index in [1.165, 1.54) is 35.7 Å². The molecule has 0 unspecified atom stereocenters. The van der Waals surface area contributed by atoms with Gasteiger partial charge in [-0.1, -0.05) is 0 Å².